The molecular weight excluding hydrogens is 240 g/mol. The van der Waals surface area contributed by atoms with E-state index in [-0.39, 0.29) is 11.2 Å². The first-order chi connectivity index (χ1) is 8.22. The molecular formula is C12H14O4S. The summed E-state index contributed by atoms with van der Waals surface area (Å²) in [5.41, 5.74) is 0. The molecule has 1 aromatic carbocycles. The summed E-state index contributed by atoms with van der Waals surface area (Å²) < 4.78 is 15.3. The van der Waals surface area contributed by atoms with Crippen LogP contribution < -0.4 is 9.47 Å². The quantitative estimate of drug-likeness (QED) is 0.770. The summed E-state index contributed by atoms with van der Waals surface area (Å²) >= 11 is 1.62. The van der Waals surface area contributed by atoms with Crippen LogP contribution in [0.15, 0.2) is 23.1 Å². The Bertz CT molecular complexity index is 419. The van der Waals surface area contributed by atoms with Gasteiger partial charge in [-0.25, -0.2) is 0 Å². The van der Waals surface area contributed by atoms with Gasteiger partial charge in [-0.1, -0.05) is 0 Å². The molecule has 4 nitrogen and oxygen atoms in total. The summed E-state index contributed by atoms with van der Waals surface area (Å²) in [6.07, 6.45) is 0.471. The number of benzene rings is 1. The third kappa shape index (κ3) is 2.85. The highest BCUT2D eigenvalue weighted by Crippen LogP contribution is 2.35. The summed E-state index contributed by atoms with van der Waals surface area (Å²) in [4.78, 5) is 12.0. The van der Waals surface area contributed by atoms with Crippen LogP contribution in [-0.4, -0.2) is 32.0 Å². The van der Waals surface area contributed by atoms with Gasteiger partial charge in [0.25, 0.3) is 0 Å². The van der Waals surface area contributed by atoms with Crippen molar-refractivity contribution in [2.45, 2.75) is 16.6 Å². The van der Waals surface area contributed by atoms with Crippen LogP contribution in [0.4, 0.5) is 0 Å². The van der Waals surface area contributed by atoms with Crippen molar-refractivity contribution < 1.29 is 19.0 Å². The van der Waals surface area contributed by atoms with E-state index in [4.69, 9.17) is 14.2 Å². The lowest BCUT2D eigenvalue weighted by atomic mass is 10.3. The van der Waals surface area contributed by atoms with Gasteiger partial charge in [-0.15, -0.1) is 11.8 Å². The molecule has 1 aliphatic heterocycles. The lowest BCUT2D eigenvalue weighted by Crippen LogP contribution is -2.00. The zero-order valence-corrected chi connectivity index (χ0v) is 10.6. The van der Waals surface area contributed by atoms with Gasteiger partial charge in [0.15, 0.2) is 11.5 Å². The number of rotatable bonds is 4. The molecule has 1 fully saturated rings. The summed E-state index contributed by atoms with van der Waals surface area (Å²) in [7, 11) is 3.21. The molecule has 17 heavy (non-hydrogen) atoms. The minimum atomic E-state index is -0.122. The molecule has 1 atom stereocenters. The molecule has 1 heterocycles. The van der Waals surface area contributed by atoms with Gasteiger partial charge in [-0.3, -0.25) is 4.79 Å². The first-order valence-corrected chi connectivity index (χ1v) is 6.15. The number of methoxy groups -OCH3 is 2. The van der Waals surface area contributed by atoms with E-state index in [1.807, 2.05) is 18.2 Å². The Morgan fingerprint density at radius 2 is 2.06 bits per heavy atom. The highest BCUT2D eigenvalue weighted by molar-refractivity contribution is 8.00. The van der Waals surface area contributed by atoms with Gasteiger partial charge in [0, 0.05) is 4.90 Å². The fourth-order valence-corrected chi connectivity index (χ4v) is 2.71. The molecule has 0 radical (unpaired) electrons. The topological polar surface area (TPSA) is 44.8 Å². The van der Waals surface area contributed by atoms with Gasteiger partial charge in [0.05, 0.1) is 25.9 Å². The molecule has 0 bridgehead atoms. The second-order valence-corrected chi connectivity index (χ2v) is 5.02. The summed E-state index contributed by atoms with van der Waals surface area (Å²) in [5.74, 6) is 1.28. The van der Waals surface area contributed by atoms with Gasteiger partial charge in [0.1, 0.15) is 6.61 Å². The average molecular weight is 254 g/mol. The largest absolute Gasteiger partial charge is 0.493 e. The van der Waals surface area contributed by atoms with Crippen LogP contribution in [0.25, 0.3) is 0 Å². The molecule has 0 N–H and O–H groups in total. The van der Waals surface area contributed by atoms with Gasteiger partial charge in [0.2, 0.25) is 0 Å². The smallest absolute Gasteiger partial charge is 0.307 e. The average Bonchev–Trinajstić information content (AvgIpc) is 2.74. The van der Waals surface area contributed by atoms with Crippen molar-refractivity contribution in [3.05, 3.63) is 18.2 Å². The van der Waals surface area contributed by atoms with Crippen LogP contribution in [0.2, 0.25) is 0 Å². The van der Waals surface area contributed by atoms with Crippen LogP contribution in [0, 0.1) is 0 Å². The predicted octanol–water partition coefficient (Wildman–Crippen LogP) is 2.11. The van der Waals surface area contributed by atoms with Gasteiger partial charge >= 0.3 is 5.97 Å². The lowest BCUT2D eigenvalue weighted by Gasteiger charge is -2.10. The molecule has 1 aromatic rings. The summed E-state index contributed by atoms with van der Waals surface area (Å²) in [6, 6.07) is 5.72. The minimum Gasteiger partial charge on any atom is -0.493 e. The molecule has 0 spiro atoms. The van der Waals surface area contributed by atoms with Gasteiger partial charge < -0.3 is 14.2 Å². The zero-order valence-electron chi connectivity index (χ0n) is 9.76. The maximum atomic E-state index is 11.0. The third-order valence-electron chi connectivity index (χ3n) is 2.48. The molecule has 5 heteroatoms. The van der Waals surface area contributed by atoms with Crippen molar-refractivity contribution in [1.82, 2.24) is 0 Å². The number of carbonyl (C=O) groups is 1. The van der Waals surface area contributed by atoms with Crippen LogP contribution in [-0.2, 0) is 9.53 Å². The molecule has 0 aromatic heterocycles. The molecule has 92 valence electrons. The highest BCUT2D eigenvalue weighted by Gasteiger charge is 2.24. The number of hydrogen-bond donors (Lipinski definition) is 0. The number of esters is 1. The molecule has 0 aliphatic carbocycles. The highest BCUT2D eigenvalue weighted by atomic mass is 32.2. The maximum Gasteiger partial charge on any atom is 0.307 e. The predicted molar refractivity (Wildman–Crippen MR) is 64.8 cm³/mol. The Kier molecular flexibility index (Phi) is 3.78. The second-order valence-electron chi connectivity index (χ2n) is 3.64. The van der Waals surface area contributed by atoms with Crippen LogP contribution in [0.1, 0.15) is 6.42 Å². The number of ether oxygens (including phenoxy) is 3. The summed E-state index contributed by atoms with van der Waals surface area (Å²) in [5, 5.41) is 0.195. The van der Waals surface area contributed by atoms with Crippen molar-refractivity contribution >= 4 is 17.7 Å². The van der Waals surface area contributed by atoms with E-state index in [9.17, 15) is 4.79 Å². The van der Waals surface area contributed by atoms with Crippen LogP contribution in [0.3, 0.4) is 0 Å². The monoisotopic (exact) mass is 254 g/mol. The number of thioether (sulfide) groups is 1. The lowest BCUT2D eigenvalue weighted by molar-refractivity contribution is -0.137. The molecule has 1 aliphatic rings. The van der Waals surface area contributed by atoms with Crippen LogP contribution in [0.5, 0.6) is 11.5 Å². The first-order valence-electron chi connectivity index (χ1n) is 5.27. The fourth-order valence-electron chi connectivity index (χ4n) is 1.65. The van der Waals surface area contributed by atoms with E-state index in [0.29, 0.717) is 24.5 Å². The fraction of sp³-hybridized carbons (Fsp3) is 0.417. The Morgan fingerprint density at radius 3 is 2.65 bits per heavy atom. The van der Waals surface area contributed by atoms with E-state index in [0.717, 1.165) is 4.90 Å². The van der Waals surface area contributed by atoms with Gasteiger partial charge in [-0.2, -0.15) is 0 Å². The van der Waals surface area contributed by atoms with Crippen molar-refractivity contribution in [3.8, 4) is 11.5 Å². The standard InChI is InChI=1S/C12H14O4S/c1-14-10-4-3-8(5-11(10)15-2)17-9-6-12(13)16-7-9/h3-5,9H,6-7H2,1-2H3/t9-/m1/s1. The van der Waals surface area contributed by atoms with Gasteiger partial charge in [-0.05, 0) is 18.2 Å². The molecule has 2 rings (SSSR count). The Morgan fingerprint density at radius 1 is 1.29 bits per heavy atom. The number of hydrogen-bond acceptors (Lipinski definition) is 5. The zero-order chi connectivity index (χ0) is 12.3. The summed E-state index contributed by atoms with van der Waals surface area (Å²) in [6.45, 7) is 0.484. The van der Waals surface area contributed by atoms with E-state index >= 15 is 0 Å². The van der Waals surface area contributed by atoms with Crippen molar-refractivity contribution in [2.75, 3.05) is 20.8 Å². The normalized spacial score (nSPS) is 18.9. The SMILES string of the molecule is COc1ccc(S[C@H]2COC(=O)C2)cc1OC. The van der Waals surface area contributed by atoms with E-state index in [1.54, 1.807) is 26.0 Å². The van der Waals surface area contributed by atoms with E-state index < -0.39 is 0 Å². The molecule has 0 unspecified atom stereocenters. The van der Waals surface area contributed by atoms with Crippen molar-refractivity contribution in [3.63, 3.8) is 0 Å². The van der Waals surface area contributed by atoms with Crippen LogP contribution >= 0.6 is 11.8 Å². The molecule has 0 amide bonds. The number of carbonyl (C=O) groups excluding carboxylic acids is 1. The minimum absolute atomic E-state index is 0.122. The Hall–Kier alpha value is -1.36. The molecule has 1 saturated heterocycles. The second kappa shape index (κ2) is 5.31. The Balaban J connectivity index is 2.08. The van der Waals surface area contributed by atoms with E-state index in [2.05, 4.69) is 0 Å². The number of cyclic esters (lactones) is 1. The molecule has 0 saturated carbocycles. The maximum absolute atomic E-state index is 11.0. The third-order valence-corrected chi connectivity index (χ3v) is 3.64. The van der Waals surface area contributed by atoms with E-state index in [1.165, 1.54) is 0 Å². The van der Waals surface area contributed by atoms with Crippen molar-refractivity contribution in [2.24, 2.45) is 0 Å². The van der Waals surface area contributed by atoms with Crippen molar-refractivity contribution in [1.29, 1.82) is 0 Å². The Labute approximate surface area is 104 Å². The first kappa shape index (κ1) is 12.1.